The Morgan fingerprint density at radius 2 is 1.58 bits per heavy atom. The smallest absolute Gasteiger partial charge is 0.127 e. The summed E-state index contributed by atoms with van der Waals surface area (Å²) in [5, 5.41) is 5.06. The van der Waals surface area contributed by atoms with Crippen molar-refractivity contribution in [1.29, 1.82) is 0 Å². The van der Waals surface area contributed by atoms with Crippen molar-refractivity contribution in [2.75, 3.05) is 0 Å². The molecule has 0 heterocycles. The summed E-state index contributed by atoms with van der Waals surface area (Å²) >= 11 is 0. The lowest BCUT2D eigenvalue weighted by atomic mass is 9.97. The number of hydrogen-bond acceptors (Lipinski definition) is 1. The molecule has 0 fully saturated rings. The van der Waals surface area contributed by atoms with Crippen molar-refractivity contribution in [2.24, 2.45) is 0 Å². The average Bonchev–Trinajstić information content (AvgIpc) is 2.40. The standard InChI is InChI=1S/C18H18O/c1-12(2)19-18-10-6-9-16-13(3)15-8-5-4-7-14(15)11-17(16)18/h4-12H,1-3H3. The van der Waals surface area contributed by atoms with Crippen LogP contribution in [0.2, 0.25) is 0 Å². The van der Waals surface area contributed by atoms with Crippen LogP contribution in [-0.4, -0.2) is 6.10 Å². The molecule has 0 aromatic heterocycles. The summed E-state index contributed by atoms with van der Waals surface area (Å²) < 4.78 is 5.93. The first-order chi connectivity index (χ1) is 9.16. The highest BCUT2D eigenvalue weighted by Crippen LogP contribution is 2.33. The number of aryl methyl sites for hydroxylation is 1. The van der Waals surface area contributed by atoms with E-state index in [1.165, 1.54) is 27.1 Å². The third-order valence-electron chi connectivity index (χ3n) is 3.50. The summed E-state index contributed by atoms with van der Waals surface area (Å²) in [4.78, 5) is 0. The first kappa shape index (κ1) is 12.0. The van der Waals surface area contributed by atoms with E-state index in [9.17, 15) is 0 Å². The zero-order valence-corrected chi connectivity index (χ0v) is 11.6. The molecular weight excluding hydrogens is 232 g/mol. The molecule has 0 radical (unpaired) electrons. The van der Waals surface area contributed by atoms with Crippen LogP contribution in [0.25, 0.3) is 21.5 Å². The number of hydrogen-bond donors (Lipinski definition) is 0. The second-order valence-corrected chi connectivity index (χ2v) is 5.24. The van der Waals surface area contributed by atoms with Crippen molar-refractivity contribution in [3.05, 3.63) is 54.1 Å². The van der Waals surface area contributed by atoms with Crippen LogP contribution in [0.3, 0.4) is 0 Å². The second kappa shape index (κ2) is 4.58. The first-order valence-corrected chi connectivity index (χ1v) is 6.74. The normalized spacial score (nSPS) is 11.4. The highest BCUT2D eigenvalue weighted by atomic mass is 16.5. The molecule has 19 heavy (non-hydrogen) atoms. The van der Waals surface area contributed by atoms with Gasteiger partial charge in [-0.1, -0.05) is 36.4 Å². The molecular formula is C18H18O. The Morgan fingerprint density at radius 1 is 0.842 bits per heavy atom. The number of ether oxygens (including phenoxy) is 1. The highest BCUT2D eigenvalue weighted by molar-refractivity contribution is 6.04. The van der Waals surface area contributed by atoms with Gasteiger partial charge in [0.1, 0.15) is 5.75 Å². The fourth-order valence-electron chi connectivity index (χ4n) is 2.64. The van der Waals surface area contributed by atoms with Gasteiger partial charge in [0.15, 0.2) is 0 Å². The Labute approximate surface area is 113 Å². The Kier molecular flexibility index (Phi) is 2.90. The van der Waals surface area contributed by atoms with Crippen molar-refractivity contribution >= 4 is 21.5 Å². The van der Waals surface area contributed by atoms with E-state index in [1.54, 1.807) is 0 Å². The van der Waals surface area contributed by atoms with Crippen molar-refractivity contribution in [3.63, 3.8) is 0 Å². The minimum Gasteiger partial charge on any atom is -0.490 e. The van der Waals surface area contributed by atoms with Crippen LogP contribution in [-0.2, 0) is 0 Å². The van der Waals surface area contributed by atoms with E-state index >= 15 is 0 Å². The predicted molar refractivity (Wildman–Crippen MR) is 82.0 cm³/mol. The SMILES string of the molecule is Cc1c2ccccc2cc2c(OC(C)C)cccc12. The molecule has 0 aliphatic rings. The maximum Gasteiger partial charge on any atom is 0.127 e. The predicted octanol–water partition coefficient (Wildman–Crippen LogP) is 5.09. The molecule has 3 aromatic carbocycles. The lowest BCUT2D eigenvalue weighted by molar-refractivity contribution is 0.245. The van der Waals surface area contributed by atoms with Crippen LogP contribution in [0.4, 0.5) is 0 Å². The Bertz CT molecular complexity index is 741. The van der Waals surface area contributed by atoms with Crippen LogP contribution >= 0.6 is 0 Å². The third-order valence-corrected chi connectivity index (χ3v) is 3.50. The zero-order chi connectivity index (χ0) is 13.4. The van der Waals surface area contributed by atoms with Gasteiger partial charge < -0.3 is 4.74 Å². The number of fused-ring (bicyclic) bond motifs is 2. The van der Waals surface area contributed by atoms with Crippen LogP contribution in [0, 0.1) is 6.92 Å². The van der Waals surface area contributed by atoms with Gasteiger partial charge in [0, 0.05) is 5.39 Å². The molecule has 96 valence electrons. The summed E-state index contributed by atoms with van der Waals surface area (Å²) in [5.41, 5.74) is 1.32. The third kappa shape index (κ3) is 2.06. The van der Waals surface area contributed by atoms with E-state index in [1.807, 2.05) is 0 Å². The summed E-state index contributed by atoms with van der Waals surface area (Å²) in [7, 11) is 0. The number of rotatable bonds is 2. The van der Waals surface area contributed by atoms with Crippen molar-refractivity contribution < 1.29 is 4.74 Å². The molecule has 0 aliphatic heterocycles. The summed E-state index contributed by atoms with van der Waals surface area (Å²) in [6.07, 6.45) is 0.192. The van der Waals surface area contributed by atoms with Gasteiger partial charge in [0.2, 0.25) is 0 Å². The fraction of sp³-hybridized carbons (Fsp3) is 0.222. The molecule has 0 bridgehead atoms. The molecule has 0 N–H and O–H groups in total. The molecule has 0 saturated carbocycles. The van der Waals surface area contributed by atoms with Crippen molar-refractivity contribution in [3.8, 4) is 5.75 Å². The summed E-state index contributed by atoms with van der Waals surface area (Å²) in [5.74, 6) is 0.973. The largest absolute Gasteiger partial charge is 0.490 e. The molecule has 0 amide bonds. The molecule has 0 unspecified atom stereocenters. The maximum atomic E-state index is 5.93. The van der Waals surface area contributed by atoms with Crippen LogP contribution in [0.15, 0.2) is 48.5 Å². The molecule has 0 spiro atoms. The van der Waals surface area contributed by atoms with Crippen LogP contribution < -0.4 is 4.74 Å². The minimum atomic E-state index is 0.192. The van der Waals surface area contributed by atoms with Crippen molar-refractivity contribution in [1.82, 2.24) is 0 Å². The molecule has 0 saturated heterocycles. The van der Waals surface area contributed by atoms with Gasteiger partial charge in [0.25, 0.3) is 0 Å². The maximum absolute atomic E-state index is 5.93. The van der Waals surface area contributed by atoms with E-state index in [4.69, 9.17) is 4.74 Å². The molecule has 3 rings (SSSR count). The zero-order valence-electron chi connectivity index (χ0n) is 11.6. The topological polar surface area (TPSA) is 9.23 Å². The molecule has 0 aliphatic carbocycles. The monoisotopic (exact) mass is 250 g/mol. The van der Waals surface area contributed by atoms with E-state index in [0.717, 1.165) is 5.75 Å². The van der Waals surface area contributed by atoms with Gasteiger partial charge in [-0.3, -0.25) is 0 Å². The van der Waals surface area contributed by atoms with Gasteiger partial charge in [-0.05, 0) is 54.6 Å². The Balaban J connectivity index is 2.37. The van der Waals surface area contributed by atoms with Gasteiger partial charge in [-0.15, -0.1) is 0 Å². The van der Waals surface area contributed by atoms with E-state index in [0.29, 0.717) is 0 Å². The summed E-state index contributed by atoms with van der Waals surface area (Å²) in [6, 6.07) is 17.0. The highest BCUT2D eigenvalue weighted by Gasteiger charge is 2.08. The van der Waals surface area contributed by atoms with Crippen molar-refractivity contribution in [2.45, 2.75) is 26.9 Å². The fourth-order valence-corrected chi connectivity index (χ4v) is 2.64. The summed E-state index contributed by atoms with van der Waals surface area (Å²) in [6.45, 7) is 6.31. The van der Waals surface area contributed by atoms with Gasteiger partial charge in [-0.2, -0.15) is 0 Å². The number of benzene rings is 3. The molecule has 1 heteroatoms. The first-order valence-electron chi connectivity index (χ1n) is 6.74. The molecule has 0 atom stereocenters. The lowest BCUT2D eigenvalue weighted by Crippen LogP contribution is -2.05. The van der Waals surface area contributed by atoms with Gasteiger partial charge in [0.05, 0.1) is 6.10 Å². The second-order valence-electron chi connectivity index (χ2n) is 5.24. The molecule has 3 aromatic rings. The van der Waals surface area contributed by atoms with E-state index < -0.39 is 0 Å². The molecule has 1 nitrogen and oxygen atoms in total. The lowest BCUT2D eigenvalue weighted by Gasteiger charge is -2.14. The van der Waals surface area contributed by atoms with Gasteiger partial charge in [-0.25, -0.2) is 0 Å². The van der Waals surface area contributed by atoms with Crippen LogP contribution in [0.5, 0.6) is 5.75 Å². The Morgan fingerprint density at radius 3 is 2.37 bits per heavy atom. The quantitative estimate of drug-likeness (QED) is 0.576. The minimum absolute atomic E-state index is 0.192. The van der Waals surface area contributed by atoms with E-state index in [2.05, 4.69) is 69.3 Å². The Hall–Kier alpha value is -2.02. The average molecular weight is 250 g/mol. The van der Waals surface area contributed by atoms with E-state index in [-0.39, 0.29) is 6.10 Å². The van der Waals surface area contributed by atoms with Crippen LogP contribution in [0.1, 0.15) is 19.4 Å². The van der Waals surface area contributed by atoms with Gasteiger partial charge >= 0.3 is 0 Å².